The Hall–Kier alpha value is -1.55. The van der Waals surface area contributed by atoms with E-state index in [1.807, 2.05) is 18.2 Å². The zero-order valence-corrected chi connectivity index (χ0v) is 9.53. The highest BCUT2D eigenvalue weighted by atomic mass is 16.3. The lowest BCUT2D eigenvalue weighted by molar-refractivity contribution is -0.142. The van der Waals surface area contributed by atoms with Crippen LogP contribution in [-0.2, 0) is 10.4 Å². The highest BCUT2D eigenvalue weighted by molar-refractivity contribution is 5.90. The molecule has 0 bridgehead atoms. The Morgan fingerprint density at radius 1 is 1.44 bits per heavy atom. The van der Waals surface area contributed by atoms with E-state index in [0.29, 0.717) is 18.5 Å². The summed E-state index contributed by atoms with van der Waals surface area (Å²) in [5.41, 5.74) is 0.0921. The number of likely N-dealkylation sites (N-methyl/N-ethyl adjacent to an activating group) is 1. The van der Waals surface area contributed by atoms with Crippen LogP contribution in [0.25, 0.3) is 0 Å². The summed E-state index contributed by atoms with van der Waals surface area (Å²) in [5.74, 6) is -0.227. The lowest BCUT2D eigenvalue weighted by Gasteiger charge is -2.23. The first-order chi connectivity index (χ1) is 7.59. The summed E-state index contributed by atoms with van der Waals surface area (Å²) in [6.45, 7) is 0.591. The molecule has 1 aliphatic rings. The van der Waals surface area contributed by atoms with Crippen LogP contribution >= 0.6 is 0 Å². The van der Waals surface area contributed by atoms with E-state index < -0.39 is 5.60 Å². The molecule has 4 heteroatoms. The van der Waals surface area contributed by atoms with Crippen LogP contribution < -0.4 is 5.32 Å². The van der Waals surface area contributed by atoms with Crippen molar-refractivity contribution in [3.05, 3.63) is 29.8 Å². The second-order valence-corrected chi connectivity index (χ2v) is 4.13. The van der Waals surface area contributed by atoms with Gasteiger partial charge in [0.05, 0.1) is 0 Å². The zero-order chi connectivity index (χ0) is 11.8. The van der Waals surface area contributed by atoms with Crippen LogP contribution in [0.4, 0.5) is 5.69 Å². The maximum atomic E-state index is 11.9. The third-order valence-electron chi connectivity index (χ3n) is 3.15. The van der Waals surface area contributed by atoms with Crippen molar-refractivity contribution < 1.29 is 9.90 Å². The number of anilines is 1. The molecule has 86 valence electrons. The number of hydrogen-bond donors (Lipinski definition) is 2. The van der Waals surface area contributed by atoms with Gasteiger partial charge in [0.25, 0.3) is 5.91 Å². The summed E-state index contributed by atoms with van der Waals surface area (Å²) in [5, 5.41) is 13.5. The van der Waals surface area contributed by atoms with Gasteiger partial charge in [-0.3, -0.25) is 4.79 Å². The molecule has 1 aliphatic heterocycles. The van der Waals surface area contributed by atoms with E-state index in [0.717, 1.165) is 5.69 Å². The molecule has 1 aromatic rings. The lowest BCUT2D eigenvalue weighted by atomic mass is 9.91. The average Bonchev–Trinajstić information content (AvgIpc) is 2.58. The first-order valence-electron chi connectivity index (χ1n) is 5.35. The van der Waals surface area contributed by atoms with Gasteiger partial charge in [-0.05, 0) is 6.07 Å². The Balaban J connectivity index is 2.47. The fourth-order valence-corrected chi connectivity index (χ4v) is 2.17. The molecule has 2 rings (SSSR count). The van der Waals surface area contributed by atoms with Gasteiger partial charge < -0.3 is 15.3 Å². The summed E-state index contributed by atoms with van der Waals surface area (Å²) in [7, 11) is 3.49. The smallest absolute Gasteiger partial charge is 0.259 e. The second-order valence-electron chi connectivity index (χ2n) is 4.13. The highest BCUT2D eigenvalue weighted by Crippen LogP contribution is 2.36. The first-order valence-corrected chi connectivity index (χ1v) is 5.35. The molecule has 1 atom stereocenters. The number of nitrogens with one attached hydrogen (secondary N) is 1. The van der Waals surface area contributed by atoms with Crippen molar-refractivity contribution in [2.24, 2.45) is 0 Å². The third kappa shape index (κ3) is 1.46. The van der Waals surface area contributed by atoms with Crippen molar-refractivity contribution in [3.8, 4) is 0 Å². The molecule has 0 saturated carbocycles. The number of para-hydroxylation sites is 1. The van der Waals surface area contributed by atoms with E-state index in [2.05, 4.69) is 5.32 Å². The van der Waals surface area contributed by atoms with Gasteiger partial charge in [0.2, 0.25) is 0 Å². The molecule has 0 aromatic heterocycles. The minimum absolute atomic E-state index is 0.227. The monoisotopic (exact) mass is 220 g/mol. The molecule has 1 amide bonds. The molecule has 4 nitrogen and oxygen atoms in total. The fraction of sp³-hybridized carbons (Fsp3) is 0.417. The number of likely N-dealkylation sites (tertiary alicyclic amines) is 1. The predicted molar refractivity (Wildman–Crippen MR) is 62.1 cm³/mol. The summed E-state index contributed by atoms with van der Waals surface area (Å²) in [4.78, 5) is 13.5. The first kappa shape index (κ1) is 11.0. The van der Waals surface area contributed by atoms with Crippen molar-refractivity contribution in [1.29, 1.82) is 0 Å². The van der Waals surface area contributed by atoms with Gasteiger partial charge >= 0.3 is 0 Å². The Labute approximate surface area is 94.9 Å². The second kappa shape index (κ2) is 3.79. The number of rotatable bonds is 2. The van der Waals surface area contributed by atoms with Crippen LogP contribution in [0, 0.1) is 0 Å². The minimum atomic E-state index is -1.37. The topological polar surface area (TPSA) is 52.6 Å². The maximum Gasteiger partial charge on any atom is 0.259 e. The minimum Gasteiger partial charge on any atom is -0.388 e. The normalized spacial score (nSPS) is 24.9. The molecule has 16 heavy (non-hydrogen) atoms. The summed E-state index contributed by atoms with van der Waals surface area (Å²) in [6, 6.07) is 7.36. The van der Waals surface area contributed by atoms with E-state index in [1.54, 1.807) is 25.1 Å². The van der Waals surface area contributed by atoms with E-state index >= 15 is 0 Å². The van der Waals surface area contributed by atoms with E-state index in [1.165, 1.54) is 0 Å². The van der Waals surface area contributed by atoms with Crippen molar-refractivity contribution in [2.45, 2.75) is 12.0 Å². The molecule has 2 N–H and O–H groups in total. The molecule has 1 aromatic carbocycles. The van der Waals surface area contributed by atoms with Crippen molar-refractivity contribution in [3.63, 3.8) is 0 Å². The van der Waals surface area contributed by atoms with Crippen LogP contribution in [0.5, 0.6) is 0 Å². The maximum absolute atomic E-state index is 11.9. The van der Waals surface area contributed by atoms with E-state index in [4.69, 9.17) is 0 Å². The van der Waals surface area contributed by atoms with Crippen LogP contribution in [-0.4, -0.2) is 36.6 Å². The van der Waals surface area contributed by atoms with Crippen LogP contribution in [0.3, 0.4) is 0 Å². The van der Waals surface area contributed by atoms with Crippen LogP contribution in [0.1, 0.15) is 12.0 Å². The van der Waals surface area contributed by atoms with Gasteiger partial charge in [0, 0.05) is 38.3 Å². The van der Waals surface area contributed by atoms with Crippen molar-refractivity contribution in [1.82, 2.24) is 4.90 Å². The van der Waals surface area contributed by atoms with Gasteiger partial charge in [-0.1, -0.05) is 18.2 Å². The van der Waals surface area contributed by atoms with Gasteiger partial charge in [-0.2, -0.15) is 0 Å². The molecular formula is C12H16N2O2. The standard InChI is InChI=1S/C12H16N2O2/c1-13-10-6-4-3-5-9(10)12(16)7-8-14(2)11(12)15/h3-6,13,16H,7-8H2,1-2H3/t12-/m1/s1. The number of nitrogens with zero attached hydrogens (tertiary/aromatic N) is 1. The number of aliphatic hydroxyl groups is 1. The summed E-state index contributed by atoms with van der Waals surface area (Å²) < 4.78 is 0. The zero-order valence-electron chi connectivity index (χ0n) is 9.53. The number of hydrogen-bond acceptors (Lipinski definition) is 3. The molecule has 0 unspecified atom stereocenters. The average molecular weight is 220 g/mol. The van der Waals surface area contributed by atoms with Crippen LogP contribution in [0.2, 0.25) is 0 Å². The Bertz CT molecular complexity index is 419. The third-order valence-corrected chi connectivity index (χ3v) is 3.15. The summed E-state index contributed by atoms with van der Waals surface area (Å²) in [6.07, 6.45) is 0.445. The predicted octanol–water partition coefficient (Wildman–Crippen LogP) is 0.778. The fourth-order valence-electron chi connectivity index (χ4n) is 2.17. The van der Waals surface area contributed by atoms with E-state index in [-0.39, 0.29) is 5.91 Å². The highest BCUT2D eigenvalue weighted by Gasteiger charge is 2.46. The Kier molecular flexibility index (Phi) is 2.59. The molecule has 1 heterocycles. The van der Waals surface area contributed by atoms with Gasteiger partial charge in [0.1, 0.15) is 0 Å². The van der Waals surface area contributed by atoms with Crippen molar-refractivity contribution in [2.75, 3.05) is 26.0 Å². The van der Waals surface area contributed by atoms with Crippen LogP contribution in [0.15, 0.2) is 24.3 Å². The summed E-state index contributed by atoms with van der Waals surface area (Å²) >= 11 is 0. The van der Waals surface area contributed by atoms with Crippen molar-refractivity contribution >= 4 is 11.6 Å². The molecule has 0 radical (unpaired) electrons. The Morgan fingerprint density at radius 3 is 2.69 bits per heavy atom. The quantitative estimate of drug-likeness (QED) is 0.774. The molecule has 1 fully saturated rings. The molecule has 0 aliphatic carbocycles. The molecule has 0 spiro atoms. The SMILES string of the molecule is CNc1ccccc1[C@]1(O)CCN(C)C1=O. The molecular weight excluding hydrogens is 204 g/mol. The number of carbonyl (C=O) groups is 1. The Morgan fingerprint density at radius 2 is 2.12 bits per heavy atom. The lowest BCUT2D eigenvalue weighted by Crippen LogP contribution is -2.36. The number of carbonyl (C=O) groups excluding carboxylic acids is 1. The van der Waals surface area contributed by atoms with Gasteiger partial charge in [0.15, 0.2) is 5.60 Å². The number of amides is 1. The number of benzene rings is 1. The van der Waals surface area contributed by atoms with Gasteiger partial charge in [-0.15, -0.1) is 0 Å². The largest absolute Gasteiger partial charge is 0.388 e. The van der Waals surface area contributed by atoms with E-state index in [9.17, 15) is 9.90 Å². The van der Waals surface area contributed by atoms with Gasteiger partial charge in [-0.25, -0.2) is 0 Å². The molecule has 1 saturated heterocycles.